The molecule has 1 atom stereocenters. The largest absolute Gasteiger partial charge is 0.471 e. The zero-order valence-electron chi connectivity index (χ0n) is 21.8. The molecule has 4 rings (SSSR count). The molecule has 0 radical (unpaired) electrons. The monoisotopic (exact) mass is 575 g/mol. The molecule has 3 aromatic rings. The van der Waals surface area contributed by atoms with Crippen LogP contribution in [0.4, 0.5) is 0 Å². The molecule has 13 nitrogen and oxygen atoms in total. The molecule has 1 aliphatic heterocycles. The second-order valence-corrected chi connectivity index (χ2v) is 10.6. The lowest BCUT2D eigenvalue weighted by molar-refractivity contribution is 0.180. The second-order valence-electron chi connectivity index (χ2n) is 8.46. The van der Waals surface area contributed by atoms with E-state index in [0.29, 0.717) is 17.3 Å². The van der Waals surface area contributed by atoms with Crippen molar-refractivity contribution >= 4 is 33.5 Å². The van der Waals surface area contributed by atoms with Crippen LogP contribution < -0.4 is 9.46 Å². The summed E-state index contributed by atoms with van der Waals surface area (Å²) in [5, 5.41) is 17.9. The maximum Gasteiger partial charge on any atom is 0.304 e. The number of nitrogens with zero attached hydrogens (tertiary/aromatic N) is 8. The maximum atomic E-state index is 13.1. The van der Waals surface area contributed by atoms with E-state index in [1.54, 1.807) is 24.1 Å². The number of methoxy groups -OCH3 is 1. The molecule has 39 heavy (non-hydrogen) atoms. The van der Waals surface area contributed by atoms with Crippen LogP contribution in [0.5, 0.6) is 5.75 Å². The van der Waals surface area contributed by atoms with Crippen LogP contribution in [-0.2, 0) is 21.7 Å². The Morgan fingerprint density at radius 3 is 2.56 bits per heavy atom. The molecule has 2 aromatic carbocycles. The average molecular weight is 576 g/mol. The number of tetrazole rings is 1. The second kappa shape index (κ2) is 13.0. The maximum absolute atomic E-state index is 13.1. The van der Waals surface area contributed by atoms with Crippen molar-refractivity contribution in [1.29, 1.82) is 0 Å². The van der Waals surface area contributed by atoms with E-state index in [9.17, 15) is 8.42 Å². The van der Waals surface area contributed by atoms with E-state index in [1.165, 1.54) is 29.5 Å². The number of hydrogen-bond acceptors (Lipinski definition) is 9. The highest BCUT2D eigenvalue weighted by molar-refractivity contribution is 7.87. The number of hydrogen-bond donors (Lipinski definition) is 1. The van der Waals surface area contributed by atoms with Gasteiger partial charge in [-0.2, -0.15) is 22.5 Å². The van der Waals surface area contributed by atoms with Gasteiger partial charge in [0.25, 0.3) is 0 Å². The van der Waals surface area contributed by atoms with Crippen molar-refractivity contribution in [2.75, 3.05) is 40.4 Å². The molecule has 0 aliphatic carbocycles. The summed E-state index contributed by atoms with van der Waals surface area (Å²) in [5.74, 6) is 0.575. The standard InChI is InChI=1S/C24H30ClN9O4S/c1-4-33(13-14-37-3)39(35,36)29-24(26-2)34-15-22(23(28-34)19-5-9-20(25)10-6-19)18-7-11-21(12-8-18)38-17-32-16-27-30-31-32/h5-12,16,22H,4,13-15,17H2,1-3H3,(H,26,29). The van der Waals surface area contributed by atoms with Gasteiger partial charge in [-0.05, 0) is 45.8 Å². The van der Waals surface area contributed by atoms with Gasteiger partial charge in [0.15, 0.2) is 6.73 Å². The quantitative estimate of drug-likeness (QED) is 0.270. The third kappa shape index (κ3) is 7.09. The summed E-state index contributed by atoms with van der Waals surface area (Å²) in [4.78, 5) is 4.21. The minimum Gasteiger partial charge on any atom is -0.471 e. The fraction of sp³-hybridized carbons (Fsp3) is 0.375. The average Bonchev–Trinajstić information content (AvgIpc) is 3.62. The van der Waals surface area contributed by atoms with Crippen LogP contribution in [-0.4, -0.2) is 90.0 Å². The minimum absolute atomic E-state index is 0.112. The van der Waals surface area contributed by atoms with Crippen molar-refractivity contribution in [3.05, 3.63) is 71.0 Å². The van der Waals surface area contributed by atoms with Crippen molar-refractivity contribution in [2.45, 2.75) is 19.6 Å². The highest BCUT2D eigenvalue weighted by Gasteiger charge is 2.33. The minimum atomic E-state index is -3.88. The van der Waals surface area contributed by atoms with E-state index < -0.39 is 10.2 Å². The third-order valence-electron chi connectivity index (χ3n) is 6.01. The molecule has 0 saturated heterocycles. The fourth-order valence-corrected chi connectivity index (χ4v) is 5.33. The van der Waals surface area contributed by atoms with E-state index in [-0.39, 0.29) is 38.3 Å². The molecular formula is C24H30ClN9O4S. The summed E-state index contributed by atoms with van der Waals surface area (Å²) < 4.78 is 42.3. The predicted octanol–water partition coefficient (Wildman–Crippen LogP) is 1.96. The zero-order chi connectivity index (χ0) is 27.8. The summed E-state index contributed by atoms with van der Waals surface area (Å²) in [6.45, 7) is 3.06. The molecule has 0 fully saturated rings. The van der Waals surface area contributed by atoms with Gasteiger partial charge in [0, 0.05) is 38.2 Å². The zero-order valence-corrected chi connectivity index (χ0v) is 23.4. The lowest BCUT2D eigenvalue weighted by Gasteiger charge is -2.24. The molecule has 0 saturated carbocycles. The van der Waals surface area contributed by atoms with Gasteiger partial charge in [0.1, 0.15) is 12.1 Å². The summed E-state index contributed by atoms with van der Waals surface area (Å²) in [6, 6.07) is 15.0. The van der Waals surface area contributed by atoms with Crippen LogP contribution in [0.2, 0.25) is 5.02 Å². The number of likely N-dealkylation sites (N-methyl/N-ethyl adjacent to an activating group) is 1. The third-order valence-corrected chi connectivity index (χ3v) is 7.82. The first kappa shape index (κ1) is 28.4. The topological polar surface area (TPSA) is 139 Å². The number of halogens is 1. The Hall–Kier alpha value is -3.59. The summed E-state index contributed by atoms with van der Waals surface area (Å²) >= 11 is 6.12. The van der Waals surface area contributed by atoms with E-state index in [1.807, 2.05) is 36.4 Å². The lowest BCUT2D eigenvalue weighted by atomic mass is 9.90. The number of ether oxygens (including phenoxy) is 2. The molecule has 1 aromatic heterocycles. The SMILES string of the molecule is CCN(CCOC)S(=O)(=O)NC(=NC)N1CC(c2ccc(OCn3cnnn3)cc2)C(c2ccc(Cl)cc2)=N1. The summed E-state index contributed by atoms with van der Waals surface area (Å²) in [7, 11) is -0.838. The fourth-order valence-electron chi connectivity index (χ4n) is 3.99. The normalized spacial score (nSPS) is 16.0. The number of rotatable bonds is 11. The van der Waals surface area contributed by atoms with Crippen molar-refractivity contribution in [2.24, 2.45) is 10.1 Å². The van der Waals surface area contributed by atoms with Crippen LogP contribution in [0, 0.1) is 0 Å². The van der Waals surface area contributed by atoms with Crippen LogP contribution in [0.25, 0.3) is 0 Å². The Bertz CT molecular complexity index is 1380. The van der Waals surface area contributed by atoms with Crippen LogP contribution in [0.15, 0.2) is 65.0 Å². The van der Waals surface area contributed by atoms with Gasteiger partial charge in [-0.3, -0.25) is 4.99 Å². The van der Waals surface area contributed by atoms with Gasteiger partial charge < -0.3 is 9.47 Å². The van der Waals surface area contributed by atoms with Gasteiger partial charge in [0.05, 0.1) is 18.9 Å². The van der Waals surface area contributed by atoms with Gasteiger partial charge >= 0.3 is 10.2 Å². The Labute approximate surface area is 232 Å². The smallest absolute Gasteiger partial charge is 0.304 e. The number of nitrogens with one attached hydrogen (secondary N) is 1. The molecule has 2 heterocycles. The van der Waals surface area contributed by atoms with E-state index in [2.05, 4.69) is 25.2 Å². The van der Waals surface area contributed by atoms with E-state index in [4.69, 9.17) is 26.2 Å². The van der Waals surface area contributed by atoms with Crippen LogP contribution in [0.3, 0.4) is 0 Å². The Morgan fingerprint density at radius 1 is 1.21 bits per heavy atom. The molecule has 208 valence electrons. The van der Waals surface area contributed by atoms with Crippen molar-refractivity contribution in [3.8, 4) is 5.75 Å². The van der Waals surface area contributed by atoms with Gasteiger partial charge in [-0.25, -0.2) is 9.73 Å². The molecule has 0 bridgehead atoms. The Balaban J connectivity index is 1.57. The summed E-state index contributed by atoms with van der Waals surface area (Å²) in [5.41, 5.74) is 2.58. The number of aliphatic imine (C=N–C) groups is 1. The number of guanidine groups is 1. The molecule has 0 spiro atoms. The Morgan fingerprint density at radius 2 is 1.95 bits per heavy atom. The highest BCUT2D eigenvalue weighted by Crippen LogP contribution is 2.30. The Kier molecular flexibility index (Phi) is 9.45. The first-order chi connectivity index (χ1) is 18.8. The number of benzene rings is 2. The first-order valence-electron chi connectivity index (χ1n) is 12.1. The first-order valence-corrected chi connectivity index (χ1v) is 14.0. The van der Waals surface area contributed by atoms with Gasteiger partial charge in [-0.1, -0.05) is 42.8 Å². The van der Waals surface area contributed by atoms with E-state index in [0.717, 1.165) is 16.8 Å². The van der Waals surface area contributed by atoms with Gasteiger partial charge in [-0.15, -0.1) is 5.10 Å². The molecule has 15 heteroatoms. The van der Waals surface area contributed by atoms with Crippen LogP contribution >= 0.6 is 11.6 Å². The summed E-state index contributed by atoms with van der Waals surface area (Å²) in [6.07, 6.45) is 1.47. The van der Waals surface area contributed by atoms with Crippen molar-refractivity contribution < 1.29 is 17.9 Å². The lowest BCUT2D eigenvalue weighted by Crippen LogP contribution is -2.49. The molecular weight excluding hydrogens is 546 g/mol. The van der Waals surface area contributed by atoms with E-state index >= 15 is 0 Å². The van der Waals surface area contributed by atoms with Crippen LogP contribution in [0.1, 0.15) is 24.0 Å². The molecule has 1 unspecified atom stereocenters. The highest BCUT2D eigenvalue weighted by atomic mass is 35.5. The molecule has 1 N–H and O–H groups in total. The van der Waals surface area contributed by atoms with Crippen molar-refractivity contribution in [3.63, 3.8) is 0 Å². The van der Waals surface area contributed by atoms with Crippen molar-refractivity contribution in [1.82, 2.24) is 34.2 Å². The predicted molar refractivity (Wildman–Crippen MR) is 147 cm³/mol. The number of hydrazone groups is 1. The number of aromatic nitrogens is 4. The van der Waals surface area contributed by atoms with Gasteiger partial charge in [0.2, 0.25) is 5.96 Å². The molecule has 0 amide bonds. The molecule has 1 aliphatic rings.